The van der Waals surface area contributed by atoms with Crippen LogP contribution < -0.4 is 11.3 Å². The molecule has 3 rings (SSSR count). The zero-order valence-corrected chi connectivity index (χ0v) is 12.8. The number of halogens is 1. The van der Waals surface area contributed by atoms with Crippen LogP contribution in [-0.2, 0) is 0 Å². The minimum absolute atomic E-state index is 0.237. The van der Waals surface area contributed by atoms with Crippen molar-refractivity contribution in [2.24, 2.45) is 5.73 Å². The molecule has 22 heavy (non-hydrogen) atoms. The fraction of sp³-hybridized carbons (Fsp3) is 0.267. The summed E-state index contributed by atoms with van der Waals surface area (Å²) in [5.74, 6) is 0.517. The van der Waals surface area contributed by atoms with Crippen molar-refractivity contribution in [2.75, 3.05) is 0 Å². The van der Waals surface area contributed by atoms with Crippen molar-refractivity contribution in [1.82, 2.24) is 19.7 Å². The normalized spacial score (nSPS) is 12.7. The van der Waals surface area contributed by atoms with Gasteiger partial charge in [-0.2, -0.15) is 5.10 Å². The van der Waals surface area contributed by atoms with E-state index < -0.39 is 0 Å². The summed E-state index contributed by atoms with van der Waals surface area (Å²) < 4.78 is 1.48. The van der Waals surface area contributed by atoms with Crippen molar-refractivity contribution in [3.8, 4) is 5.69 Å². The molecule has 3 N–H and O–H groups in total. The Labute approximate surface area is 131 Å². The van der Waals surface area contributed by atoms with Crippen LogP contribution in [0, 0.1) is 0 Å². The third-order valence-electron chi connectivity index (χ3n) is 3.55. The van der Waals surface area contributed by atoms with E-state index >= 15 is 0 Å². The van der Waals surface area contributed by atoms with E-state index in [1.54, 1.807) is 30.6 Å². The molecule has 2 aromatic heterocycles. The van der Waals surface area contributed by atoms with E-state index in [0.29, 0.717) is 27.4 Å². The van der Waals surface area contributed by atoms with Gasteiger partial charge in [-0.25, -0.2) is 4.98 Å². The lowest BCUT2D eigenvalue weighted by Crippen LogP contribution is -2.28. The van der Waals surface area contributed by atoms with E-state index in [-0.39, 0.29) is 11.6 Å². The quantitative estimate of drug-likeness (QED) is 0.774. The van der Waals surface area contributed by atoms with Crippen molar-refractivity contribution >= 4 is 22.5 Å². The summed E-state index contributed by atoms with van der Waals surface area (Å²) >= 11 is 6.18. The van der Waals surface area contributed by atoms with Crippen molar-refractivity contribution in [1.29, 1.82) is 0 Å². The van der Waals surface area contributed by atoms with Gasteiger partial charge in [-0.3, -0.25) is 14.5 Å². The predicted octanol–water partition coefficient (Wildman–Crippen LogP) is 2.56. The first-order chi connectivity index (χ1) is 10.6. The molecule has 2 heterocycles. The first-order valence-electron chi connectivity index (χ1n) is 7.09. The summed E-state index contributed by atoms with van der Waals surface area (Å²) in [5, 5.41) is 7.37. The third kappa shape index (κ3) is 2.40. The van der Waals surface area contributed by atoms with Gasteiger partial charge in [-0.15, -0.1) is 0 Å². The maximum atomic E-state index is 12.9. The van der Waals surface area contributed by atoms with E-state index in [2.05, 4.69) is 15.2 Å². The molecule has 0 radical (unpaired) electrons. The van der Waals surface area contributed by atoms with E-state index in [9.17, 15) is 4.79 Å². The second-order valence-corrected chi connectivity index (χ2v) is 5.50. The molecule has 0 fully saturated rings. The van der Waals surface area contributed by atoms with Crippen LogP contribution in [-0.4, -0.2) is 19.7 Å². The van der Waals surface area contributed by atoms with Gasteiger partial charge in [0.05, 0.1) is 33.9 Å². The molecule has 6 nitrogen and oxygen atoms in total. The smallest absolute Gasteiger partial charge is 0.267 e. The standard InChI is InChI=1S/C15H16ClN5O/c1-2-4-11(17)14-20-12-6-3-5-10(16)13(12)15(22)21(14)9-7-18-19-8-9/h3,5-8,11H,2,4,17H2,1H3,(H,18,19)/t11-/m0/s1. The molecular weight excluding hydrogens is 302 g/mol. The number of nitrogens with two attached hydrogens (primary N) is 1. The van der Waals surface area contributed by atoms with Crippen LogP contribution in [0.4, 0.5) is 0 Å². The molecule has 1 atom stereocenters. The Morgan fingerprint density at radius 2 is 2.27 bits per heavy atom. The Bertz CT molecular complexity index is 856. The Morgan fingerprint density at radius 3 is 2.95 bits per heavy atom. The molecule has 7 heteroatoms. The summed E-state index contributed by atoms with van der Waals surface area (Å²) in [6, 6.07) is 4.88. The summed E-state index contributed by atoms with van der Waals surface area (Å²) in [6.45, 7) is 2.04. The number of fused-ring (bicyclic) bond motifs is 1. The molecule has 3 aromatic rings. The summed E-state index contributed by atoms with van der Waals surface area (Å²) in [4.78, 5) is 17.5. The zero-order chi connectivity index (χ0) is 15.7. The van der Waals surface area contributed by atoms with Crippen LogP contribution >= 0.6 is 11.6 Å². The lowest BCUT2D eigenvalue weighted by atomic mass is 10.1. The SMILES string of the molecule is CCC[C@H](N)c1nc2cccc(Cl)c2c(=O)n1-c1cn[nH]c1. The molecule has 0 amide bonds. The Morgan fingerprint density at radius 1 is 1.45 bits per heavy atom. The fourth-order valence-corrected chi connectivity index (χ4v) is 2.76. The van der Waals surface area contributed by atoms with Crippen LogP contribution in [0.1, 0.15) is 31.6 Å². The summed E-state index contributed by atoms with van der Waals surface area (Å²) in [5.41, 5.74) is 7.14. The molecule has 0 spiro atoms. The van der Waals surface area contributed by atoms with Gasteiger partial charge in [0.1, 0.15) is 5.82 Å². The lowest BCUT2D eigenvalue weighted by molar-refractivity contribution is 0.583. The van der Waals surface area contributed by atoms with Gasteiger partial charge in [0.25, 0.3) is 5.56 Å². The third-order valence-corrected chi connectivity index (χ3v) is 3.86. The van der Waals surface area contributed by atoms with Crippen molar-refractivity contribution in [3.63, 3.8) is 0 Å². The van der Waals surface area contributed by atoms with Gasteiger partial charge in [0.15, 0.2) is 0 Å². The maximum Gasteiger partial charge on any atom is 0.267 e. The number of nitrogens with zero attached hydrogens (tertiary/aromatic N) is 3. The summed E-state index contributed by atoms with van der Waals surface area (Å²) in [7, 11) is 0. The van der Waals surface area contributed by atoms with E-state index in [4.69, 9.17) is 17.3 Å². The van der Waals surface area contributed by atoms with Gasteiger partial charge >= 0.3 is 0 Å². The Balaban J connectivity index is 2.38. The van der Waals surface area contributed by atoms with Crippen LogP contribution in [0.2, 0.25) is 5.02 Å². The molecule has 0 aliphatic heterocycles. The number of hydrogen-bond donors (Lipinski definition) is 2. The van der Waals surface area contributed by atoms with Crippen LogP contribution in [0.15, 0.2) is 35.4 Å². The molecule has 0 bridgehead atoms. The number of nitrogens with one attached hydrogen (secondary N) is 1. The second kappa shape index (κ2) is 5.90. The topological polar surface area (TPSA) is 89.6 Å². The average Bonchev–Trinajstić information content (AvgIpc) is 3.01. The largest absolute Gasteiger partial charge is 0.321 e. The number of hydrogen-bond acceptors (Lipinski definition) is 4. The molecule has 0 saturated carbocycles. The molecular formula is C15H16ClN5O. The van der Waals surface area contributed by atoms with E-state index in [0.717, 1.165) is 12.8 Å². The van der Waals surface area contributed by atoms with E-state index in [1.165, 1.54) is 4.57 Å². The molecule has 0 aliphatic carbocycles. The Hall–Kier alpha value is -2.18. The minimum atomic E-state index is -0.337. The fourth-order valence-electron chi connectivity index (χ4n) is 2.51. The van der Waals surface area contributed by atoms with Crippen molar-refractivity contribution < 1.29 is 0 Å². The number of benzene rings is 1. The summed E-state index contributed by atoms with van der Waals surface area (Å²) in [6.07, 6.45) is 4.83. The number of H-pyrrole nitrogens is 1. The van der Waals surface area contributed by atoms with Gasteiger partial charge in [0, 0.05) is 6.20 Å². The lowest BCUT2D eigenvalue weighted by Gasteiger charge is -2.17. The van der Waals surface area contributed by atoms with Gasteiger partial charge in [0.2, 0.25) is 0 Å². The molecule has 0 unspecified atom stereocenters. The Kier molecular flexibility index (Phi) is 3.96. The highest BCUT2D eigenvalue weighted by molar-refractivity contribution is 6.35. The molecule has 0 saturated heterocycles. The van der Waals surface area contributed by atoms with Gasteiger partial charge in [-0.05, 0) is 18.6 Å². The predicted molar refractivity (Wildman–Crippen MR) is 86.3 cm³/mol. The van der Waals surface area contributed by atoms with E-state index in [1.807, 2.05) is 6.92 Å². The van der Waals surface area contributed by atoms with Crippen LogP contribution in [0.3, 0.4) is 0 Å². The molecule has 1 aromatic carbocycles. The monoisotopic (exact) mass is 317 g/mol. The van der Waals surface area contributed by atoms with Gasteiger partial charge < -0.3 is 5.73 Å². The zero-order valence-electron chi connectivity index (χ0n) is 12.1. The second-order valence-electron chi connectivity index (χ2n) is 5.10. The highest BCUT2D eigenvalue weighted by Gasteiger charge is 2.19. The first-order valence-corrected chi connectivity index (χ1v) is 7.47. The highest BCUT2D eigenvalue weighted by atomic mass is 35.5. The first kappa shape index (κ1) is 14.7. The van der Waals surface area contributed by atoms with Gasteiger partial charge in [-0.1, -0.05) is 31.0 Å². The number of aromatic amines is 1. The van der Waals surface area contributed by atoms with Crippen LogP contribution in [0.5, 0.6) is 0 Å². The maximum absolute atomic E-state index is 12.9. The average molecular weight is 318 g/mol. The van der Waals surface area contributed by atoms with Crippen molar-refractivity contribution in [3.05, 3.63) is 51.8 Å². The molecule has 0 aliphatic rings. The number of rotatable bonds is 4. The highest BCUT2D eigenvalue weighted by Crippen LogP contribution is 2.23. The number of aromatic nitrogens is 4. The minimum Gasteiger partial charge on any atom is -0.321 e. The van der Waals surface area contributed by atoms with Crippen molar-refractivity contribution in [2.45, 2.75) is 25.8 Å². The molecule has 114 valence electrons. The van der Waals surface area contributed by atoms with Crippen LogP contribution in [0.25, 0.3) is 16.6 Å².